The number of unbranched alkanes of at least 4 members (excludes halogenated alkanes) is 18. The molecule has 1 rings (SSSR count). The van der Waals surface area contributed by atoms with Gasteiger partial charge in [0.25, 0.3) is 0 Å². The zero-order chi connectivity index (χ0) is 24.0. The Hall–Kier alpha value is -0.610. The second-order valence-electron chi connectivity index (χ2n) is 10.4. The third-order valence-corrected chi connectivity index (χ3v) is 7.22. The molecule has 4 heteroatoms. The summed E-state index contributed by atoms with van der Waals surface area (Å²) in [5, 5.41) is 10.3. The Labute approximate surface area is 206 Å². The lowest BCUT2D eigenvalue weighted by Gasteiger charge is -2.20. The molecule has 2 unspecified atom stereocenters. The molecule has 0 radical (unpaired) electrons. The van der Waals surface area contributed by atoms with Crippen LogP contribution in [-0.2, 0) is 9.53 Å². The van der Waals surface area contributed by atoms with Crippen molar-refractivity contribution in [3.63, 3.8) is 0 Å². The highest BCUT2D eigenvalue weighted by Crippen LogP contribution is 2.23. The molecule has 4 nitrogen and oxygen atoms in total. The van der Waals surface area contributed by atoms with E-state index in [1.165, 1.54) is 109 Å². The number of likely N-dealkylation sites (tertiary alicyclic amines) is 1. The highest BCUT2D eigenvalue weighted by molar-refractivity contribution is 5.78. The van der Waals surface area contributed by atoms with E-state index < -0.39 is 6.29 Å². The van der Waals surface area contributed by atoms with E-state index in [4.69, 9.17) is 4.74 Å². The van der Waals surface area contributed by atoms with Crippen LogP contribution in [0.25, 0.3) is 0 Å². The number of hydrogen-bond donors (Lipinski definition) is 1. The van der Waals surface area contributed by atoms with Crippen LogP contribution in [0.1, 0.15) is 149 Å². The van der Waals surface area contributed by atoms with E-state index in [0.29, 0.717) is 19.6 Å². The molecule has 1 aliphatic heterocycles. The average molecular weight is 468 g/mol. The van der Waals surface area contributed by atoms with Gasteiger partial charge >= 0.3 is 0 Å². The first kappa shape index (κ1) is 30.4. The molecule has 196 valence electrons. The van der Waals surface area contributed by atoms with Gasteiger partial charge in [0, 0.05) is 32.0 Å². The maximum atomic E-state index is 12.3. The quantitative estimate of drug-likeness (QED) is 0.115. The van der Waals surface area contributed by atoms with Crippen molar-refractivity contribution in [2.75, 3.05) is 19.7 Å². The first-order chi connectivity index (χ1) is 16.2. The summed E-state index contributed by atoms with van der Waals surface area (Å²) in [6.07, 6.45) is 26.1. The highest BCUT2D eigenvalue weighted by atomic mass is 16.6. The number of amides is 1. The summed E-state index contributed by atoms with van der Waals surface area (Å²) in [7, 11) is 0. The number of aliphatic hydroxyl groups excluding tert-OH is 1. The van der Waals surface area contributed by atoms with E-state index in [1.807, 2.05) is 4.90 Å². The molecule has 0 spiro atoms. The molecule has 0 aliphatic carbocycles. The maximum absolute atomic E-state index is 12.3. The lowest BCUT2D eigenvalue weighted by atomic mass is 10.0. The molecule has 33 heavy (non-hydrogen) atoms. The molecule has 1 fully saturated rings. The molecule has 0 aromatic heterocycles. The van der Waals surface area contributed by atoms with Gasteiger partial charge in [-0.1, -0.05) is 129 Å². The molecule has 0 bridgehead atoms. The molecule has 1 heterocycles. The third-order valence-electron chi connectivity index (χ3n) is 7.22. The largest absolute Gasteiger partial charge is 0.368 e. The molecule has 0 aromatic carbocycles. The summed E-state index contributed by atoms with van der Waals surface area (Å²) in [6, 6.07) is 0. The Bertz CT molecular complexity index is 443. The predicted octanol–water partition coefficient (Wildman–Crippen LogP) is 8.01. The van der Waals surface area contributed by atoms with E-state index in [2.05, 4.69) is 13.8 Å². The van der Waals surface area contributed by atoms with Crippen molar-refractivity contribution < 1.29 is 14.6 Å². The molecule has 1 aliphatic rings. The summed E-state index contributed by atoms with van der Waals surface area (Å²) in [5.41, 5.74) is 0. The van der Waals surface area contributed by atoms with Crippen LogP contribution in [0.2, 0.25) is 0 Å². The maximum Gasteiger partial charge on any atom is 0.223 e. The van der Waals surface area contributed by atoms with Crippen molar-refractivity contribution in [1.82, 2.24) is 4.90 Å². The van der Waals surface area contributed by atoms with E-state index in [9.17, 15) is 9.90 Å². The van der Waals surface area contributed by atoms with Crippen LogP contribution in [0.5, 0.6) is 0 Å². The SMILES string of the molecule is CCCCCCCCCCCCCCCCCCN1CC(C(O)OCCCCCC)CC1=O. The highest BCUT2D eigenvalue weighted by Gasteiger charge is 2.34. The molecule has 2 atom stereocenters. The van der Waals surface area contributed by atoms with Crippen LogP contribution in [0, 0.1) is 5.92 Å². The second kappa shape index (κ2) is 21.9. The van der Waals surface area contributed by atoms with Gasteiger partial charge in [0.2, 0.25) is 5.91 Å². The molecule has 0 aromatic rings. The number of ether oxygens (including phenoxy) is 1. The molecule has 1 N–H and O–H groups in total. The Morgan fingerprint density at radius 1 is 0.727 bits per heavy atom. The van der Waals surface area contributed by atoms with Gasteiger partial charge in [-0.3, -0.25) is 4.79 Å². The predicted molar refractivity (Wildman–Crippen MR) is 140 cm³/mol. The Morgan fingerprint density at radius 2 is 1.15 bits per heavy atom. The van der Waals surface area contributed by atoms with Crippen LogP contribution >= 0.6 is 0 Å². The summed E-state index contributed by atoms with van der Waals surface area (Å²) in [4.78, 5) is 14.2. The minimum atomic E-state index is -0.786. The third kappa shape index (κ3) is 16.6. The standard InChI is InChI=1S/C29H57NO3/c1-3-5-7-9-10-11-12-13-14-15-16-17-18-19-20-21-23-30-26-27(25-28(30)31)29(32)33-24-22-8-6-4-2/h27,29,32H,3-26H2,1-2H3. The Morgan fingerprint density at radius 3 is 1.64 bits per heavy atom. The average Bonchev–Trinajstić information content (AvgIpc) is 3.19. The van der Waals surface area contributed by atoms with Crippen molar-refractivity contribution in [2.45, 2.75) is 155 Å². The molecule has 1 amide bonds. The van der Waals surface area contributed by atoms with E-state index in [1.54, 1.807) is 0 Å². The Balaban J connectivity index is 1.88. The number of nitrogens with zero attached hydrogens (tertiary/aromatic N) is 1. The van der Waals surface area contributed by atoms with Gasteiger partial charge in [-0.2, -0.15) is 0 Å². The van der Waals surface area contributed by atoms with Crippen molar-refractivity contribution in [2.24, 2.45) is 5.92 Å². The first-order valence-corrected chi connectivity index (χ1v) is 14.8. The Kier molecular flexibility index (Phi) is 20.2. The minimum Gasteiger partial charge on any atom is -0.368 e. The van der Waals surface area contributed by atoms with Gasteiger partial charge < -0.3 is 14.7 Å². The number of aliphatic hydroxyl groups is 1. The fourth-order valence-corrected chi connectivity index (χ4v) is 4.93. The molecular weight excluding hydrogens is 410 g/mol. The lowest BCUT2D eigenvalue weighted by Crippen LogP contribution is -2.29. The van der Waals surface area contributed by atoms with Crippen molar-refractivity contribution in [1.29, 1.82) is 0 Å². The van der Waals surface area contributed by atoms with Crippen molar-refractivity contribution in [3.05, 3.63) is 0 Å². The van der Waals surface area contributed by atoms with Gasteiger partial charge in [-0.15, -0.1) is 0 Å². The van der Waals surface area contributed by atoms with Gasteiger partial charge in [0.1, 0.15) is 0 Å². The number of carbonyl (C=O) groups excluding carboxylic acids is 1. The monoisotopic (exact) mass is 467 g/mol. The summed E-state index contributed by atoms with van der Waals surface area (Å²) < 4.78 is 5.58. The molecule has 1 saturated heterocycles. The van der Waals surface area contributed by atoms with E-state index in [-0.39, 0.29) is 11.8 Å². The van der Waals surface area contributed by atoms with E-state index in [0.717, 1.165) is 25.8 Å². The normalized spacial score (nSPS) is 17.2. The van der Waals surface area contributed by atoms with Crippen molar-refractivity contribution >= 4 is 5.91 Å². The van der Waals surface area contributed by atoms with Gasteiger partial charge in [0.05, 0.1) is 0 Å². The zero-order valence-corrected chi connectivity index (χ0v) is 22.3. The van der Waals surface area contributed by atoms with Gasteiger partial charge in [-0.25, -0.2) is 0 Å². The molecular formula is C29H57NO3. The fourth-order valence-electron chi connectivity index (χ4n) is 4.93. The van der Waals surface area contributed by atoms with E-state index >= 15 is 0 Å². The molecule has 0 saturated carbocycles. The smallest absolute Gasteiger partial charge is 0.223 e. The summed E-state index contributed by atoms with van der Waals surface area (Å²) in [6.45, 7) is 6.58. The van der Waals surface area contributed by atoms with Crippen LogP contribution in [-0.4, -0.2) is 41.9 Å². The number of carbonyl (C=O) groups is 1. The van der Waals surface area contributed by atoms with Crippen molar-refractivity contribution in [3.8, 4) is 0 Å². The van der Waals surface area contributed by atoms with Gasteiger partial charge in [0.15, 0.2) is 6.29 Å². The topological polar surface area (TPSA) is 49.8 Å². The first-order valence-electron chi connectivity index (χ1n) is 14.8. The second-order valence-corrected chi connectivity index (χ2v) is 10.4. The summed E-state index contributed by atoms with van der Waals surface area (Å²) >= 11 is 0. The van der Waals surface area contributed by atoms with Crippen LogP contribution in [0.15, 0.2) is 0 Å². The lowest BCUT2D eigenvalue weighted by molar-refractivity contribution is -0.135. The minimum absolute atomic E-state index is 0.0512. The number of hydrogen-bond acceptors (Lipinski definition) is 3. The number of rotatable bonds is 24. The zero-order valence-electron chi connectivity index (χ0n) is 22.3. The summed E-state index contributed by atoms with van der Waals surface area (Å²) in [5.74, 6) is 0.138. The van der Waals surface area contributed by atoms with Crippen LogP contribution in [0.4, 0.5) is 0 Å². The fraction of sp³-hybridized carbons (Fsp3) is 0.966. The van der Waals surface area contributed by atoms with Crippen LogP contribution < -0.4 is 0 Å². The van der Waals surface area contributed by atoms with Gasteiger partial charge in [-0.05, 0) is 12.8 Å². The van der Waals surface area contributed by atoms with Crippen LogP contribution in [0.3, 0.4) is 0 Å².